The first kappa shape index (κ1) is 15.9. The summed E-state index contributed by atoms with van der Waals surface area (Å²) >= 11 is 1.71. The predicted molar refractivity (Wildman–Crippen MR) is 76.4 cm³/mol. The van der Waals surface area contributed by atoms with Gasteiger partial charge in [0.15, 0.2) is 0 Å². The number of ether oxygens (including phenoxy) is 1. The quantitative estimate of drug-likeness (QED) is 0.678. The van der Waals surface area contributed by atoms with Crippen molar-refractivity contribution in [2.45, 2.75) is 32.4 Å². The summed E-state index contributed by atoms with van der Waals surface area (Å²) in [6, 6.07) is 3.91. The molecule has 0 radical (unpaired) electrons. The number of carbonyl (C=O) groups is 1. The van der Waals surface area contributed by atoms with Gasteiger partial charge in [0.25, 0.3) is 0 Å². The number of hydrogen-bond acceptors (Lipinski definition) is 4. The van der Waals surface area contributed by atoms with E-state index in [-0.39, 0.29) is 12.6 Å². The molecule has 1 heterocycles. The van der Waals surface area contributed by atoms with E-state index in [9.17, 15) is 9.90 Å². The molecule has 5 nitrogen and oxygen atoms in total. The lowest BCUT2D eigenvalue weighted by Gasteiger charge is -2.10. The van der Waals surface area contributed by atoms with Gasteiger partial charge in [0.1, 0.15) is 0 Å². The number of carbonyl (C=O) groups excluding carboxylic acids is 1. The molecule has 0 aromatic carbocycles. The van der Waals surface area contributed by atoms with Gasteiger partial charge in [0, 0.05) is 23.4 Å². The van der Waals surface area contributed by atoms with E-state index in [2.05, 4.69) is 23.6 Å². The average Bonchev–Trinajstić information content (AvgIpc) is 2.84. The molecule has 6 heteroatoms. The van der Waals surface area contributed by atoms with E-state index in [1.807, 2.05) is 6.07 Å². The van der Waals surface area contributed by atoms with E-state index >= 15 is 0 Å². The van der Waals surface area contributed by atoms with E-state index in [0.29, 0.717) is 19.5 Å². The van der Waals surface area contributed by atoms with Gasteiger partial charge in [-0.3, -0.25) is 0 Å². The molecule has 1 rings (SSSR count). The fourth-order valence-electron chi connectivity index (χ4n) is 1.57. The van der Waals surface area contributed by atoms with Crippen LogP contribution in [0.2, 0.25) is 0 Å². The van der Waals surface area contributed by atoms with E-state index in [1.54, 1.807) is 11.3 Å². The number of urea groups is 1. The minimum Gasteiger partial charge on any atom is -0.391 e. The number of aliphatic hydroxyl groups excluding tert-OH is 1. The molecule has 3 N–H and O–H groups in total. The van der Waals surface area contributed by atoms with Crippen molar-refractivity contribution in [3.63, 3.8) is 0 Å². The topological polar surface area (TPSA) is 70.6 Å². The molecule has 0 aliphatic rings. The monoisotopic (exact) mass is 286 g/mol. The van der Waals surface area contributed by atoms with Crippen molar-refractivity contribution in [2.75, 3.05) is 20.3 Å². The third-order valence-corrected chi connectivity index (χ3v) is 3.84. The first-order chi connectivity index (χ1) is 9.15. The van der Waals surface area contributed by atoms with Crippen molar-refractivity contribution in [1.82, 2.24) is 10.6 Å². The highest BCUT2D eigenvalue weighted by Crippen LogP contribution is 2.16. The summed E-state index contributed by atoms with van der Waals surface area (Å²) in [5, 5.41) is 14.9. The van der Waals surface area contributed by atoms with Crippen LogP contribution >= 0.6 is 11.3 Å². The molecule has 1 aromatic rings. The molecule has 0 saturated heterocycles. The number of methoxy groups -OCH3 is 1. The minimum atomic E-state index is -0.533. The predicted octanol–water partition coefficient (Wildman–Crippen LogP) is 1.51. The Hall–Kier alpha value is -1.11. The Labute approximate surface area is 118 Å². The minimum absolute atomic E-state index is 0.212. The van der Waals surface area contributed by atoms with Crippen molar-refractivity contribution in [3.8, 4) is 0 Å². The van der Waals surface area contributed by atoms with Crippen LogP contribution in [0.5, 0.6) is 0 Å². The molecule has 108 valence electrons. The zero-order chi connectivity index (χ0) is 14.1. The number of nitrogens with one attached hydrogen (secondary N) is 2. The fourth-order valence-corrected chi connectivity index (χ4v) is 2.46. The molecule has 2 amide bonds. The molecular formula is C13H22N2O3S. The van der Waals surface area contributed by atoms with E-state index < -0.39 is 6.10 Å². The zero-order valence-corrected chi connectivity index (χ0v) is 12.3. The summed E-state index contributed by atoms with van der Waals surface area (Å²) in [7, 11) is 1.54. The van der Waals surface area contributed by atoms with Gasteiger partial charge in [-0.1, -0.05) is 6.92 Å². The smallest absolute Gasteiger partial charge is 0.315 e. The molecule has 0 aliphatic heterocycles. The SMILES string of the molecule is CCc1ccc(CNC(=O)NCCC(O)COC)s1. The molecule has 19 heavy (non-hydrogen) atoms. The van der Waals surface area contributed by atoms with Crippen LogP contribution in [0.25, 0.3) is 0 Å². The summed E-state index contributed by atoms with van der Waals surface area (Å²) < 4.78 is 4.80. The number of thiophene rings is 1. The Kier molecular flexibility index (Phi) is 7.47. The number of hydrogen-bond donors (Lipinski definition) is 3. The molecule has 0 spiro atoms. The van der Waals surface area contributed by atoms with Gasteiger partial charge in [-0.2, -0.15) is 0 Å². The largest absolute Gasteiger partial charge is 0.391 e. The Bertz CT molecular complexity index is 382. The van der Waals surface area contributed by atoms with Crippen molar-refractivity contribution < 1.29 is 14.6 Å². The Morgan fingerprint density at radius 3 is 2.79 bits per heavy atom. The van der Waals surface area contributed by atoms with Gasteiger partial charge in [-0.05, 0) is 25.0 Å². The number of rotatable bonds is 8. The summed E-state index contributed by atoms with van der Waals surface area (Å²) in [4.78, 5) is 14.0. The lowest BCUT2D eigenvalue weighted by Crippen LogP contribution is -2.36. The normalized spacial score (nSPS) is 12.2. The highest BCUT2D eigenvalue weighted by atomic mass is 32.1. The molecule has 0 bridgehead atoms. The first-order valence-corrected chi connectivity index (χ1v) is 7.23. The van der Waals surface area contributed by atoms with Crippen LogP contribution in [-0.4, -0.2) is 37.5 Å². The van der Waals surface area contributed by atoms with Gasteiger partial charge in [-0.25, -0.2) is 4.79 Å². The van der Waals surface area contributed by atoms with Crippen LogP contribution < -0.4 is 10.6 Å². The van der Waals surface area contributed by atoms with Gasteiger partial charge in [-0.15, -0.1) is 11.3 Å². The standard InChI is InChI=1S/C13H22N2O3S/c1-3-11-4-5-12(19-11)8-15-13(17)14-7-6-10(16)9-18-2/h4-5,10,16H,3,6-9H2,1-2H3,(H2,14,15,17). The molecule has 1 aromatic heterocycles. The number of aryl methyl sites for hydroxylation is 1. The van der Waals surface area contributed by atoms with E-state index in [4.69, 9.17) is 4.74 Å². The molecule has 1 atom stereocenters. The Morgan fingerprint density at radius 2 is 2.16 bits per heavy atom. The van der Waals surface area contributed by atoms with Gasteiger partial charge < -0.3 is 20.5 Å². The molecule has 1 unspecified atom stereocenters. The van der Waals surface area contributed by atoms with Gasteiger partial charge >= 0.3 is 6.03 Å². The van der Waals surface area contributed by atoms with Gasteiger partial charge in [0.05, 0.1) is 19.3 Å². The fraction of sp³-hybridized carbons (Fsp3) is 0.615. The van der Waals surface area contributed by atoms with Crippen LogP contribution in [0, 0.1) is 0 Å². The zero-order valence-electron chi connectivity index (χ0n) is 11.4. The summed E-state index contributed by atoms with van der Waals surface area (Å²) in [5.41, 5.74) is 0. The maximum atomic E-state index is 11.5. The maximum Gasteiger partial charge on any atom is 0.315 e. The Morgan fingerprint density at radius 1 is 1.42 bits per heavy atom. The summed E-state index contributed by atoms with van der Waals surface area (Å²) in [5.74, 6) is 0. The highest BCUT2D eigenvalue weighted by Gasteiger charge is 2.05. The lowest BCUT2D eigenvalue weighted by molar-refractivity contribution is 0.0598. The maximum absolute atomic E-state index is 11.5. The van der Waals surface area contributed by atoms with Crippen molar-refractivity contribution in [1.29, 1.82) is 0 Å². The average molecular weight is 286 g/mol. The molecule has 0 saturated carbocycles. The van der Waals surface area contributed by atoms with Gasteiger partial charge in [0.2, 0.25) is 0 Å². The van der Waals surface area contributed by atoms with Crippen molar-refractivity contribution in [3.05, 3.63) is 21.9 Å². The first-order valence-electron chi connectivity index (χ1n) is 6.42. The second-order valence-corrected chi connectivity index (χ2v) is 5.48. The number of amides is 2. The van der Waals surface area contributed by atoms with Crippen LogP contribution in [0.4, 0.5) is 4.79 Å². The molecular weight excluding hydrogens is 264 g/mol. The second kappa shape index (κ2) is 8.90. The van der Waals surface area contributed by atoms with Crippen LogP contribution in [0.3, 0.4) is 0 Å². The van der Waals surface area contributed by atoms with Crippen molar-refractivity contribution >= 4 is 17.4 Å². The third kappa shape index (κ3) is 6.56. The molecule has 0 aliphatic carbocycles. The Balaban J connectivity index is 2.14. The van der Waals surface area contributed by atoms with Crippen molar-refractivity contribution in [2.24, 2.45) is 0 Å². The van der Waals surface area contributed by atoms with E-state index in [0.717, 1.165) is 11.3 Å². The van der Waals surface area contributed by atoms with E-state index in [1.165, 1.54) is 12.0 Å². The van der Waals surface area contributed by atoms with Crippen LogP contribution in [-0.2, 0) is 17.7 Å². The van der Waals surface area contributed by atoms with Crippen LogP contribution in [0.1, 0.15) is 23.1 Å². The summed E-state index contributed by atoms with van der Waals surface area (Å²) in [6.07, 6.45) is 0.976. The lowest BCUT2D eigenvalue weighted by atomic mass is 10.3. The molecule has 0 fully saturated rings. The summed E-state index contributed by atoms with van der Waals surface area (Å²) in [6.45, 7) is 3.37. The third-order valence-electron chi connectivity index (χ3n) is 2.61. The number of aliphatic hydroxyl groups is 1. The highest BCUT2D eigenvalue weighted by molar-refractivity contribution is 7.11. The second-order valence-electron chi connectivity index (χ2n) is 4.23. The van der Waals surface area contributed by atoms with Crippen LogP contribution in [0.15, 0.2) is 12.1 Å².